The van der Waals surface area contributed by atoms with E-state index in [1.807, 2.05) is 24.3 Å². The van der Waals surface area contributed by atoms with Crippen LogP contribution < -0.4 is 11.2 Å². The van der Waals surface area contributed by atoms with E-state index in [4.69, 9.17) is 5.73 Å². The monoisotopic (exact) mass is 246 g/mol. The molecule has 1 aromatic heterocycles. The zero-order valence-corrected chi connectivity index (χ0v) is 9.61. The van der Waals surface area contributed by atoms with Crippen LogP contribution in [0.2, 0.25) is 0 Å². The number of rotatable bonds is 2. The fourth-order valence-electron chi connectivity index (χ4n) is 1.46. The minimum atomic E-state index is 0.0873. The molecule has 0 aliphatic heterocycles. The third-order valence-corrected chi connectivity index (χ3v) is 2.26. The van der Waals surface area contributed by atoms with Gasteiger partial charge in [-0.2, -0.15) is 5.10 Å². The van der Waals surface area contributed by atoms with E-state index >= 15 is 0 Å². The molecule has 0 atom stereocenters. The smallest absolute Gasteiger partial charge is 0.184 e. The van der Waals surface area contributed by atoms with Crippen LogP contribution in [0.1, 0.15) is 5.69 Å². The second kappa shape index (κ2) is 4.75. The summed E-state index contributed by atoms with van der Waals surface area (Å²) in [5, 5.41) is 15.1. The normalized spacial score (nSPS) is 10.8. The predicted molar refractivity (Wildman–Crippen MR) is 70.9 cm³/mol. The Morgan fingerprint density at radius 1 is 1.41 bits per heavy atom. The molecule has 2 aromatic rings. The van der Waals surface area contributed by atoms with E-state index in [-0.39, 0.29) is 10.9 Å². The van der Waals surface area contributed by atoms with Crippen molar-refractivity contribution in [2.75, 3.05) is 0 Å². The molecule has 0 radical (unpaired) electrons. The van der Waals surface area contributed by atoms with Crippen LogP contribution in [0.4, 0.5) is 0 Å². The third-order valence-electron chi connectivity index (χ3n) is 2.17. The molecular formula is C11H10N4OS. The van der Waals surface area contributed by atoms with Crippen LogP contribution >= 0.6 is 12.2 Å². The quantitative estimate of drug-likeness (QED) is 0.420. The highest BCUT2D eigenvalue weighted by Gasteiger charge is 2.03. The summed E-state index contributed by atoms with van der Waals surface area (Å²) in [7, 11) is 0. The summed E-state index contributed by atoms with van der Waals surface area (Å²) in [6, 6.07) is 7.37. The second-order valence-corrected chi connectivity index (χ2v) is 3.75. The highest BCUT2D eigenvalue weighted by molar-refractivity contribution is 7.80. The first-order valence-corrected chi connectivity index (χ1v) is 5.24. The Labute approximate surface area is 103 Å². The number of thiocarbonyl (C=S) groups is 1. The van der Waals surface area contributed by atoms with Gasteiger partial charge in [-0.3, -0.25) is 10.4 Å². The summed E-state index contributed by atoms with van der Waals surface area (Å²) < 4.78 is 0. The van der Waals surface area contributed by atoms with Gasteiger partial charge in [-0.25, -0.2) is 0 Å². The van der Waals surface area contributed by atoms with Gasteiger partial charge in [0, 0.05) is 10.8 Å². The van der Waals surface area contributed by atoms with Gasteiger partial charge < -0.3 is 10.8 Å². The summed E-state index contributed by atoms with van der Waals surface area (Å²) in [5.74, 6) is 0.139. The molecule has 0 fully saturated rings. The van der Waals surface area contributed by atoms with Crippen molar-refractivity contribution in [2.24, 2.45) is 10.8 Å². The topological polar surface area (TPSA) is 83.5 Å². The van der Waals surface area contributed by atoms with Gasteiger partial charge in [0.1, 0.15) is 5.75 Å². The number of nitrogens with zero attached hydrogens (tertiary/aromatic N) is 2. The van der Waals surface area contributed by atoms with Crippen molar-refractivity contribution < 1.29 is 5.11 Å². The van der Waals surface area contributed by atoms with E-state index in [1.165, 1.54) is 12.4 Å². The van der Waals surface area contributed by atoms with Crippen molar-refractivity contribution >= 4 is 34.3 Å². The summed E-state index contributed by atoms with van der Waals surface area (Å²) in [5.41, 5.74) is 8.32. The van der Waals surface area contributed by atoms with Gasteiger partial charge >= 0.3 is 0 Å². The maximum absolute atomic E-state index is 9.65. The molecule has 4 N–H and O–H groups in total. The van der Waals surface area contributed by atoms with E-state index in [0.29, 0.717) is 5.69 Å². The molecule has 86 valence electrons. The molecule has 0 aliphatic rings. The molecule has 0 aliphatic carbocycles. The fraction of sp³-hybridized carbons (Fsp3) is 0. The van der Waals surface area contributed by atoms with Crippen molar-refractivity contribution in [3.63, 3.8) is 0 Å². The summed E-state index contributed by atoms with van der Waals surface area (Å²) in [6.07, 6.45) is 2.88. The SMILES string of the molecule is NC(=S)NN=Cc1ncc(O)c2ccccc12. The Bertz CT molecular complexity index is 597. The zero-order chi connectivity index (χ0) is 12.3. The van der Waals surface area contributed by atoms with Gasteiger partial charge in [0.25, 0.3) is 0 Å². The number of fused-ring (bicyclic) bond motifs is 1. The Morgan fingerprint density at radius 3 is 2.82 bits per heavy atom. The molecule has 0 saturated heterocycles. The van der Waals surface area contributed by atoms with Gasteiger partial charge in [-0.1, -0.05) is 24.3 Å². The van der Waals surface area contributed by atoms with Crippen molar-refractivity contribution in [1.29, 1.82) is 0 Å². The van der Waals surface area contributed by atoms with E-state index in [0.717, 1.165) is 10.8 Å². The first-order chi connectivity index (χ1) is 8.18. The van der Waals surface area contributed by atoms with E-state index < -0.39 is 0 Å². The molecular weight excluding hydrogens is 236 g/mol. The summed E-state index contributed by atoms with van der Waals surface area (Å²) in [6.45, 7) is 0. The number of benzene rings is 1. The summed E-state index contributed by atoms with van der Waals surface area (Å²) in [4.78, 5) is 4.08. The van der Waals surface area contributed by atoms with Crippen molar-refractivity contribution in [2.45, 2.75) is 0 Å². The van der Waals surface area contributed by atoms with Gasteiger partial charge in [-0.05, 0) is 12.2 Å². The van der Waals surface area contributed by atoms with E-state index in [9.17, 15) is 5.11 Å². The van der Waals surface area contributed by atoms with Crippen LogP contribution in [0.5, 0.6) is 5.75 Å². The van der Waals surface area contributed by atoms with E-state index in [1.54, 1.807) is 0 Å². The average molecular weight is 246 g/mol. The number of nitrogens with two attached hydrogens (primary N) is 1. The fourth-order valence-corrected chi connectivity index (χ4v) is 1.51. The highest BCUT2D eigenvalue weighted by Crippen LogP contribution is 2.24. The van der Waals surface area contributed by atoms with Gasteiger partial charge in [0.15, 0.2) is 5.11 Å². The largest absolute Gasteiger partial charge is 0.506 e. The molecule has 5 nitrogen and oxygen atoms in total. The Kier molecular flexibility index (Phi) is 3.15. The van der Waals surface area contributed by atoms with Gasteiger partial charge in [0.2, 0.25) is 0 Å². The number of hydrogen-bond donors (Lipinski definition) is 3. The highest BCUT2D eigenvalue weighted by atomic mass is 32.1. The lowest BCUT2D eigenvalue weighted by Gasteiger charge is -2.03. The molecule has 2 rings (SSSR count). The third kappa shape index (κ3) is 2.48. The number of hydrogen-bond acceptors (Lipinski definition) is 4. The van der Waals surface area contributed by atoms with Crippen LogP contribution in [-0.2, 0) is 0 Å². The van der Waals surface area contributed by atoms with Crippen LogP contribution in [0.15, 0.2) is 35.6 Å². The minimum absolute atomic E-state index is 0.0873. The summed E-state index contributed by atoms with van der Waals surface area (Å²) >= 11 is 4.62. The predicted octanol–water partition coefficient (Wildman–Crippen LogP) is 1.11. The number of aromatic hydroxyl groups is 1. The van der Waals surface area contributed by atoms with E-state index in [2.05, 4.69) is 27.7 Å². The van der Waals surface area contributed by atoms with Crippen LogP contribution in [0.3, 0.4) is 0 Å². The number of pyridine rings is 1. The molecule has 0 saturated carbocycles. The lowest BCUT2D eigenvalue weighted by atomic mass is 10.1. The standard InChI is InChI=1S/C11H10N4OS/c12-11(17)15-14-5-9-7-3-1-2-4-8(7)10(16)6-13-9/h1-6,16H,(H3,12,15,17). The first-order valence-electron chi connectivity index (χ1n) is 4.83. The molecule has 1 heterocycles. The second-order valence-electron chi connectivity index (χ2n) is 3.31. The van der Waals surface area contributed by atoms with Crippen LogP contribution in [0.25, 0.3) is 10.8 Å². The van der Waals surface area contributed by atoms with Crippen molar-refractivity contribution in [1.82, 2.24) is 10.4 Å². The lowest BCUT2D eigenvalue weighted by Crippen LogP contribution is -2.24. The lowest BCUT2D eigenvalue weighted by molar-refractivity contribution is 0.479. The number of nitrogens with one attached hydrogen (secondary N) is 1. The minimum Gasteiger partial charge on any atom is -0.506 e. The molecule has 17 heavy (non-hydrogen) atoms. The maximum atomic E-state index is 9.65. The van der Waals surface area contributed by atoms with Crippen molar-refractivity contribution in [3.8, 4) is 5.75 Å². The molecule has 0 bridgehead atoms. The zero-order valence-electron chi connectivity index (χ0n) is 8.79. The number of hydrazone groups is 1. The maximum Gasteiger partial charge on any atom is 0.184 e. The molecule has 0 unspecified atom stereocenters. The molecule has 0 amide bonds. The van der Waals surface area contributed by atoms with Gasteiger partial charge in [-0.15, -0.1) is 0 Å². The number of aromatic nitrogens is 1. The Hall–Kier alpha value is -2.21. The molecule has 0 spiro atoms. The van der Waals surface area contributed by atoms with Crippen molar-refractivity contribution in [3.05, 3.63) is 36.2 Å². The molecule has 6 heteroatoms. The van der Waals surface area contributed by atoms with Crippen LogP contribution in [-0.4, -0.2) is 21.4 Å². The van der Waals surface area contributed by atoms with Gasteiger partial charge in [0.05, 0.1) is 18.1 Å². The first kappa shape index (κ1) is 11.3. The molecule has 1 aromatic carbocycles. The Morgan fingerprint density at radius 2 is 2.12 bits per heavy atom. The Balaban J connectivity index is 2.45. The average Bonchev–Trinajstić information content (AvgIpc) is 2.32. The van der Waals surface area contributed by atoms with Crippen LogP contribution in [0, 0.1) is 0 Å².